The van der Waals surface area contributed by atoms with Crippen molar-refractivity contribution in [1.82, 2.24) is 0 Å². The molecule has 0 radical (unpaired) electrons. The lowest BCUT2D eigenvalue weighted by molar-refractivity contribution is -0.166. The molecule has 2 aliphatic rings. The summed E-state index contributed by atoms with van der Waals surface area (Å²) >= 11 is 0. The van der Waals surface area contributed by atoms with E-state index < -0.39 is 0 Å². The van der Waals surface area contributed by atoms with E-state index in [-0.39, 0.29) is 11.7 Å². The van der Waals surface area contributed by atoms with Crippen LogP contribution >= 0.6 is 0 Å². The van der Waals surface area contributed by atoms with E-state index in [1.54, 1.807) is 0 Å². The zero-order chi connectivity index (χ0) is 15.2. The highest BCUT2D eigenvalue weighted by atomic mass is 16.5. The molecular formula is C19H27NO. The maximum absolute atomic E-state index is 6.54. The van der Waals surface area contributed by atoms with E-state index >= 15 is 0 Å². The molecule has 3 atom stereocenters. The van der Waals surface area contributed by atoms with Crippen LogP contribution in [0.25, 0.3) is 0 Å². The Kier molecular flexibility index (Phi) is 3.61. The molecule has 1 aliphatic carbocycles. The van der Waals surface area contributed by atoms with Crippen molar-refractivity contribution in [3.8, 4) is 0 Å². The standard InChI is InChI=1S/C19H27NO/c1-13-6-9-15-12-17(13)18(21-19(15,2)3)14-7-10-16(11-8-14)20(4)5/h6-8,10-11,15,17-18H,9,12H2,1-5H3/t15-,17+,18?/m1/s1. The Bertz CT molecular complexity index is 541. The maximum atomic E-state index is 6.54. The van der Waals surface area contributed by atoms with Crippen LogP contribution in [0, 0.1) is 11.8 Å². The number of hydrogen-bond acceptors (Lipinski definition) is 2. The van der Waals surface area contributed by atoms with E-state index in [9.17, 15) is 0 Å². The third kappa shape index (κ3) is 2.62. The predicted molar refractivity (Wildman–Crippen MR) is 88.6 cm³/mol. The first-order chi connectivity index (χ1) is 9.88. The molecule has 1 heterocycles. The van der Waals surface area contributed by atoms with Crippen LogP contribution in [0.1, 0.15) is 45.3 Å². The minimum Gasteiger partial charge on any atom is -0.378 e. The number of ether oxygens (including phenoxy) is 1. The Labute approximate surface area is 128 Å². The first kappa shape index (κ1) is 14.6. The zero-order valence-corrected chi connectivity index (χ0v) is 13.9. The monoisotopic (exact) mass is 285 g/mol. The average molecular weight is 285 g/mol. The topological polar surface area (TPSA) is 12.5 Å². The average Bonchev–Trinajstić information content (AvgIpc) is 2.45. The maximum Gasteiger partial charge on any atom is 0.0897 e. The second-order valence-electron chi connectivity index (χ2n) is 7.35. The summed E-state index contributed by atoms with van der Waals surface area (Å²) < 4.78 is 6.54. The lowest BCUT2D eigenvalue weighted by Gasteiger charge is -2.49. The van der Waals surface area contributed by atoms with E-state index in [1.165, 1.54) is 29.7 Å². The smallest absolute Gasteiger partial charge is 0.0897 e. The molecule has 0 amide bonds. The van der Waals surface area contributed by atoms with Crippen LogP contribution in [0.4, 0.5) is 5.69 Å². The normalized spacial score (nSPS) is 30.7. The van der Waals surface area contributed by atoms with Gasteiger partial charge in [-0.05, 0) is 57.2 Å². The molecule has 0 spiro atoms. The number of benzene rings is 1. The fraction of sp³-hybridized carbons (Fsp3) is 0.579. The number of allylic oxidation sites excluding steroid dienone is 1. The molecular weight excluding hydrogens is 258 g/mol. The van der Waals surface area contributed by atoms with E-state index in [1.807, 2.05) is 0 Å². The molecule has 1 aliphatic heterocycles. The number of anilines is 1. The predicted octanol–water partition coefficient (Wildman–Crippen LogP) is 4.58. The molecule has 114 valence electrons. The number of fused-ring (bicyclic) bond motifs is 2. The number of hydrogen-bond donors (Lipinski definition) is 0. The van der Waals surface area contributed by atoms with Crippen molar-refractivity contribution in [2.24, 2.45) is 11.8 Å². The van der Waals surface area contributed by atoms with Crippen LogP contribution in [-0.4, -0.2) is 19.7 Å². The fourth-order valence-electron chi connectivity index (χ4n) is 3.77. The van der Waals surface area contributed by atoms with Crippen molar-refractivity contribution >= 4 is 5.69 Å². The van der Waals surface area contributed by atoms with E-state index in [0.29, 0.717) is 11.8 Å². The first-order valence-electron chi connectivity index (χ1n) is 8.00. The van der Waals surface area contributed by atoms with Crippen LogP contribution in [0.5, 0.6) is 0 Å². The quantitative estimate of drug-likeness (QED) is 0.738. The summed E-state index contributed by atoms with van der Waals surface area (Å²) in [6, 6.07) is 8.86. The molecule has 1 unspecified atom stereocenters. The van der Waals surface area contributed by atoms with Gasteiger partial charge in [0.25, 0.3) is 0 Å². The fourth-order valence-corrected chi connectivity index (χ4v) is 3.77. The molecule has 1 aromatic rings. The van der Waals surface area contributed by atoms with E-state index in [4.69, 9.17) is 4.74 Å². The second-order valence-corrected chi connectivity index (χ2v) is 7.35. The van der Waals surface area contributed by atoms with Crippen molar-refractivity contribution in [2.75, 3.05) is 19.0 Å². The Morgan fingerprint density at radius 1 is 1.14 bits per heavy atom. The SMILES string of the molecule is CC1=CC[C@@H]2C[C@@H]1C(c1ccc(N(C)C)cc1)OC2(C)C. The van der Waals surface area contributed by atoms with Gasteiger partial charge >= 0.3 is 0 Å². The number of rotatable bonds is 2. The minimum atomic E-state index is -0.0292. The van der Waals surface area contributed by atoms with Gasteiger partial charge in [0.2, 0.25) is 0 Å². The number of nitrogens with zero attached hydrogens (tertiary/aromatic N) is 1. The van der Waals surface area contributed by atoms with Gasteiger partial charge in [0.1, 0.15) is 0 Å². The van der Waals surface area contributed by atoms with Gasteiger partial charge < -0.3 is 9.64 Å². The summed E-state index contributed by atoms with van der Waals surface area (Å²) in [6.45, 7) is 6.77. The van der Waals surface area contributed by atoms with Crippen LogP contribution in [-0.2, 0) is 4.74 Å². The van der Waals surface area contributed by atoms with Gasteiger partial charge in [0, 0.05) is 25.7 Å². The molecule has 21 heavy (non-hydrogen) atoms. The van der Waals surface area contributed by atoms with Crippen molar-refractivity contribution in [3.05, 3.63) is 41.5 Å². The van der Waals surface area contributed by atoms with Gasteiger partial charge in [-0.2, -0.15) is 0 Å². The molecule has 1 fully saturated rings. The summed E-state index contributed by atoms with van der Waals surface area (Å²) in [4.78, 5) is 2.14. The third-order valence-electron chi connectivity index (χ3n) is 5.37. The molecule has 0 aromatic heterocycles. The largest absolute Gasteiger partial charge is 0.378 e. The Balaban J connectivity index is 1.92. The Morgan fingerprint density at radius 2 is 1.81 bits per heavy atom. The van der Waals surface area contributed by atoms with Crippen molar-refractivity contribution in [2.45, 2.75) is 45.3 Å². The van der Waals surface area contributed by atoms with Crippen LogP contribution in [0.2, 0.25) is 0 Å². The summed E-state index contributed by atoms with van der Waals surface area (Å²) in [5.41, 5.74) is 4.02. The van der Waals surface area contributed by atoms with Gasteiger partial charge in [-0.1, -0.05) is 23.8 Å². The molecule has 0 saturated carbocycles. The molecule has 1 saturated heterocycles. The summed E-state index contributed by atoms with van der Waals surface area (Å²) in [6.07, 6.45) is 5.06. The van der Waals surface area contributed by atoms with Crippen molar-refractivity contribution in [1.29, 1.82) is 0 Å². The molecule has 3 rings (SSSR count). The highest BCUT2D eigenvalue weighted by Crippen LogP contribution is 2.50. The van der Waals surface area contributed by atoms with Gasteiger partial charge in [0.15, 0.2) is 0 Å². The second kappa shape index (κ2) is 5.17. The van der Waals surface area contributed by atoms with E-state index in [2.05, 4.69) is 70.1 Å². The van der Waals surface area contributed by atoms with Gasteiger partial charge in [-0.3, -0.25) is 0 Å². The molecule has 2 heteroatoms. The van der Waals surface area contributed by atoms with Crippen LogP contribution in [0.3, 0.4) is 0 Å². The third-order valence-corrected chi connectivity index (χ3v) is 5.37. The first-order valence-corrected chi connectivity index (χ1v) is 8.00. The summed E-state index contributed by atoms with van der Waals surface area (Å²) in [5.74, 6) is 1.20. The highest BCUT2D eigenvalue weighted by molar-refractivity contribution is 5.46. The lowest BCUT2D eigenvalue weighted by Crippen LogP contribution is -2.45. The zero-order valence-electron chi connectivity index (χ0n) is 13.9. The van der Waals surface area contributed by atoms with Crippen LogP contribution < -0.4 is 4.90 Å². The van der Waals surface area contributed by atoms with Crippen molar-refractivity contribution < 1.29 is 4.74 Å². The summed E-state index contributed by atoms with van der Waals surface area (Å²) in [5, 5.41) is 0. The van der Waals surface area contributed by atoms with E-state index in [0.717, 1.165) is 0 Å². The Hall–Kier alpha value is -1.28. The van der Waals surface area contributed by atoms with Crippen LogP contribution in [0.15, 0.2) is 35.9 Å². The Morgan fingerprint density at radius 3 is 2.43 bits per heavy atom. The lowest BCUT2D eigenvalue weighted by atomic mass is 9.69. The molecule has 2 nitrogen and oxygen atoms in total. The van der Waals surface area contributed by atoms with Gasteiger partial charge in [-0.25, -0.2) is 0 Å². The molecule has 1 aromatic carbocycles. The van der Waals surface area contributed by atoms with Crippen molar-refractivity contribution in [3.63, 3.8) is 0 Å². The summed E-state index contributed by atoms with van der Waals surface area (Å²) in [7, 11) is 4.15. The minimum absolute atomic E-state index is 0.0292. The molecule has 2 bridgehead atoms. The molecule has 0 N–H and O–H groups in total. The highest BCUT2D eigenvalue weighted by Gasteiger charge is 2.45. The van der Waals surface area contributed by atoms with Gasteiger partial charge in [-0.15, -0.1) is 0 Å². The van der Waals surface area contributed by atoms with Gasteiger partial charge in [0.05, 0.1) is 11.7 Å².